The second kappa shape index (κ2) is 5.07. The van der Waals surface area contributed by atoms with Crippen LogP contribution in [0.5, 0.6) is 0 Å². The summed E-state index contributed by atoms with van der Waals surface area (Å²) in [5.41, 5.74) is 3.66. The molecule has 4 nitrogen and oxygen atoms in total. The van der Waals surface area contributed by atoms with Crippen molar-refractivity contribution in [2.45, 2.75) is 6.61 Å². The fourth-order valence-electron chi connectivity index (χ4n) is 1.53. The third-order valence-corrected chi connectivity index (χ3v) is 3.16. The van der Waals surface area contributed by atoms with Gasteiger partial charge in [-0.15, -0.1) is 11.3 Å². The zero-order valence-electron chi connectivity index (χ0n) is 9.21. The number of ether oxygens (including phenoxy) is 1. The Morgan fingerprint density at radius 1 is 1.53 bits per heavy atom. The highest BCUT2D eigenvalue weighted by atomic mass is 32.1. The molecule has 0 radical (unpaired) electrons. The number of nitrogens with zero attached hydrogens (tertiary/aromatic N) is 1. The second-order valence-corrected chi connectivity index (χ2v) is 4.29. The minimum atomic E-state index is -0.382. The van der Waals surface area contributed by atoms with Crippen molar-refractivity contribution in [2.75, 3.05) is 7.11 Å². The molecule has 0 aliphatic rings. The van der Waals surface area contributed by atoms with E-state index in [1.807, 2.05) is 6.07 Å². The van der Waals surface area contributed by atoms with Crippen LogP contribution < -0.4 is 0 Å². The Morgan fingerprint density at radius 2 is 2.35 bits per heavy atom. The van der Waals surface area contributed by atoms with Gasteiger partial charge in [-0.2, -0.15) is 0 Å². The highest BCUT2D eigenvalue weighted by Gasteiger charge is 2.11. The van der Waals surface area contributed by atoms with Crippen LogP contribution in [0.3, 0.4) is 0 Å². The van der Waals surface area contributed by atoms with E-state index in [0.717, 1.165) is 10.4 Å². The first kappa shape index (κ1) is 11.8. The number of hydrogen-bond donors (Lipinski definition) is 1. The molecule has 88 valence electrons. The van der Waals surface area contributed by atoms with Crippen LogP contribution in [0.1, 0.15) is 15.2 Å². The van der Waals surface area contributed by atoms with E-state index in [9.17, 15) is 9.90 Å². The molecule has 0 fully saturated rings. The lowest BCUT2D eigenvalue weighted by atomic mass is 10.1. The van der Waals surface area contributed by atoms with Crippen molar-refractivity contribution < 1.29 is 14.6 Å². The Bertz CT molecular complexity index is 536. The molecule has 0 aliphatic carbocycles. The van der Waals surface area contributed by atoms with Crippen molar-refractivity contribution in [1.82, 2.24) is 4.98 Å². The van der Waals surface area contributed by atoms with Crippen molar-refractivity contribution in [1.29, 1.82) is 0 Å². The van der Waals surface area contributed by atoms with E-state index in [-0.39, 0.29) is 12.6 Å². The van der Waals surface area contributed by atoms with Gasteiger partial charge >= 0.3 is 5.97 Å². The number of benzene rings is 1. The minimum absolute atomic E-state index is 0.0531. The number of methoxy groups -OCH3 is 1. The van der Waals surface area contributed by atoms with Gasteiger partial charge in [0.2, 0.25) is 0 Å². The summed E-state index contributed by atoms with van der Waals surface area (Å²) in [7, 11) is 1.34. The van der Waals surface area contributed by atoms with E-state index < -0.39 is 0 Å². The highest BCUT2D eigenvalue weighted by Crippen LogP contribution is 2.26. The van der Waals surface area contributed by atoms with Crippen molar-refractivity contribution in [2.24, 2.45) is 0 Å². The van der Waals surface area contributed by atoms with Crippen molar-refractivity contribution in [3.8, 4) is 11.3 Å². The summed E-state index contributed by atoms with van der Waals surface area (Å²) < 4.78 is 4.66. The zero-order valence-corrected chi connectivity index (χ0v) is 10.0. The predicted molar refractivity (Wildman–Crippen MR) is 64.8 cm³/mol. The van der Waals surface area contributed by atoms with Crippen LogP contribution in [0.15, 0.2) is 29.8 Å². The first-order valence-electron chi connectivity index (χ1n) is 4.98. The van der Waals surface area contributed by atoms with Gasteiger partial charge in [-0.25, -0.2) is 9.78 Å². The quantitative estimate of drug-likeness (QED) is 0.846. The summed E-state index contributed by atoms with van der Waals surface area (Å²) in [6, 6.07) is 7.00. The molecule has 0 bridgehead atoms. The number of hydrogen-bond acceptors (Lipinski definition) is 5. The molecule has 1 N–H and O–H groups in total. The maximum Gasteiger partial charge on any atom is 0.337 e. The maximum absolute atomic E-state index is 11.4. The SMILES string of the molecule is COC(=O)c1cccc(-c2ncsc2CO)c1. The predicted octanol–water partition coefficient (Wildman–Crippen LogP) is 2.09. The molecule has 0 atom stereocenters. The van der Waals surface area contributed by atoms with E-state index >= 15 is 0 Å². The third kappa shape index (κ3) is 2.35. The average Bonchev–Trinajstić information content (AvgIpc) is 2.86. The zero-order chi connectivity index (χ0) is 12.3. The van der Waals surface area contributed by atoms with Gasteiger partial charge < -0.3 is 9.84 Å². The van der Waals surface area contributed by atoms with Gasteiger partial charge in [-0.1, -0.05) is 12.1 Å². The van der Waals surface area contributed by atoms with Crippen LogP contribution in [-0.4, -0.2) is 23.2 Å². The number of aromatic nitrogens is 1. The molecule has 0 aliphatic heterocycles. The van der Waals surface area contributed by atoms with Crippen LogP contribution >= 0.6 is 11.3 Å². The van der Waals surface area contributed by atoms with E-state index in [0.29, 0.717) is 11.3 Å². The fraction of sp³-hybridized carbons (Fsp3) is 0.167. The van der Waals surface area contributed by atoms with Gasteiger partial charge in [0, 0.05) is 5.56 Å². The number of carbonyl (C=O) groups excluding carboxylic acids is 1. The van der Waals surface area contributed by atoms with E-state index in [1.165, 1.54) is 18.4 Å². The van der Waals surface area contributed by atoms with Gasteiger partial charge in [0.25, 0.3) is 0 Å². The lowest BCUT2D eigenvalue weighted by Crippen LogP contribution is -2.01. The second-order valence-electron chi connectivity index (χ2n) is 3.35. The molecule has 1 aromatic heterocycles. The molecular weight excluding hydrogens is 238 g/mol. The maximum atomic E-state index is 11.4. The Balaban J connectivity index is 2.43. The molecule has 5 heteroatoms. The van der Waals surface area contributed by atoms with Crippen molar-refractivity contribution >= 4 is 17.3 Å². The van der Waals surface area contributed by atoms with Crippen molar-refractivity contribution in [3.05, 3.63) is 40.2 Å². The van der Waals surface area contributed by atoms with E-state index in [1.54, 1.807) is 23.7 Å². The molecule has 0 amide bonds. The summed E-state index contributed by atoms with van der Waals surface area (Å²) in [6.07, 6.45) is 0. The summed E-state index contributed by atoms with van der Waals surface area (Å²) >= 11 is 1.39. The molecule has 17 heavy (non-hydrogen) atoms. The molecule has 0 saturated carbocycles. The number of carbonyl (C=O) groups is 1. The lowest BCUT2D eigenvalue weighted by Gasteiger charge is -2.03. The van der Waals surface area contributed by atoms with Gasteiger partial charge in [-0.3, -0.25) is 0 Å². The van der Waals surface area contributed by atoms with Crippen LogP contribution in [0.4, 0.5) is 0 Å². The molecule has 2 rings (SSSR count). The van der Waals surface area contributed by atoms with Crippen LogP contribution in [0.2, 0.25) is 0 Å². The third-order valence-electron chi connectivity index (χ3n) is 2.34. The number of aliphatic hydroxyl groups excluding tert-OH is 1. The first-order chi connectivity index (χ1) is 8.26. The Labute approximate surface area is 103 Å². The Morgan fingerprint density at radius 3 is 3.06 bits per heavy atom. The van der Waals surface area contributed by atoms with E-state index in [4.69, 9.17) is 0 Å². The molecule has 1 aromatic carbocycles. The molecular formula is C12H11NO3S. The largest absolute Gasteiger partial charge is 0.465 e. The first-order valence-corrected chi connectivity index (χ1v) is 5.86. The summed E-state index contributed by atoms with van der Waals surface area (Å²) in [4.78, 5) is 16.4. The number of aliphatic hydroxyl groups is 1. The Kier molecular flexibility index (Phi) is 3.51. The topological polar surface area (TPSA) is 59.4 Å². The lowest BCUT2D eigenvalue weighted by molar-refractivity contribution is 0.0601. The summed E-state index contributed by atoms with van der Waals surface area (Å²) in [5.74, 6) is -0.382. The van der Waals surface area contributed by atoms with Gasteiger partial charge in [0.05, 0.1) is 35.4 Å². The van der Waals surface area contributed by atoms with Gasteiger partial charge in [-0.05, 0) is 12.1 Å². The summed E-state index contributed by atoms with van der Waals surface area (Å²) in [5, 5.41) is 9.17. The molecule has 2 aromatic rings. The number of rotatable bonds is 3. The standard InChI is InChI=1S/C12H11NO3S/c1-16-12(15)9-4-2-3-8(5-9)11-10(6-14)17-7-13-11/h2-5,7,14H,6H2,1H3. The minimum Gasteiger partial charge on any atom is -0.465 e. The number of esters is 1. The van der Waals surface area contributed by atoms with Crippen LogP contribution in [-0.2, 0) is 11.3 Å². The molecule has 1 heterocycles. The monoisotopic (exact) mass is 249 g/mol. The Hall–Kier alpha value is -1.72. The van der Waals surface area contributed by atoms with Gasteiger partial charge in [0.15, 0.2) is 0 Å². The van der Waals surface area contributed by atoms with Crippen LogP contribution in [0.25, 0.3) is 11.3 Å². The normalized spacial score (nSPS) is 10.2. The molecule has 0 saturated heterocycles. The fourth-order valence-corrected chi connectivity index (χ4v) is 2.17. The highest BCUT2D eigenvalue weighted by molar-refractivity contribution is 7.10. The van der Waals surface area contributed by atoms with Gasteiger partial charge in [0.1, 0.15) is 0 Å². The molecule has 0 spiro atoms. The smallest absolute Gasteiger partial charge is 0.337 e. The van der Waals surface area contributed by atoms with Crippen LogP contribution in [0, 0.1) is 0 Å². The average molecular weight is 249 g/mol. The summed E-state index contributed by atoms with van der Waals surface area (Å²) in [6.45, 7) is -0.0531. The van der Waals surface area contributed by atoms with Crippen molar-refractivity contribution in [3.63, 3.8) is 0 Å². The number of thiazole rings is 1. The van der Waals surface area contributed by atoms with E-state index in [2.05, 4.69) is 9.72 Å². The molecule has 0 unspecified atom stereocenters.